The van der Waals surface area contributed by atoms with Gasteiger partial charge in [0, 0.05) is 17.0 Å². The SMILES string of the molecule is CCCN(CCC1CCC(N)CC1)[C@H]1CCc2nc(N)sc2C1. The first-order valence-corrected chi connectivity index (χ1v) is 10.2. The Balaban J connectivity index is 1.54. The van der Waals surface area contributed by atoms with Crippen LogP contribution in [0.1, 0.15) is 62.4 Å². The molecule has 5 heteroatoms. The average molecular weight is 337 g/mol. The van der Waals surface area contributed by atoms with E-state index in [2.05, 4.69) is 16.8 Å². The van der Waals surface area contributed by atoms with Gasteiger partial charge in [-0.15, -0.1) is 11.3 Å². The number of fused-ring (bicyclic) bond motifs is 1. The molecular formula is C18H32N4S. The minimum absolute atomic E-state index is 0.464. The Morgan fingerprint density at radius 1 is 1.17 bits per heavy atom. The van der Waals surface area contributed by atoms with Crippen LogP contribution in [0.3, 0.4) is 0 Å². The summed E-state index contributed by atoms with van der Waals surface area (Å²) in [6.45, 7) is 4.77. The van der Waals surface area contributed by atoms with Crippen LogP contribution in [0.4, 0.5) is 5.13 Å². The summed E-state index contributed by atoms with van der Waals surface area (Å²) in [5, 5.41) is 0.747. The molecule has 1 aromatic rings. The van der Waals surface area contributed by atoms with E-state index >= 15 is 0 Å². The Labute approximate surface area is 144 Å². The number of aryl methyl sites for hydroxylation is 1. The summed E-state index contributed by atoms with van der Waals surface area (Å²) < 4.78 is 0. The number of hydrogen-bond acceptors (Lipinski definition) is 5. The molecule has 4 N–H and O–H groups in total. The van der Waals surface area contributed by atoms with Crippen LogP contribution in [0.5, 0.6) is 0 Å². The molecule has 0 spiro atoms. The summed E-state index contributed by atoms with van der Waals surface area (Å²) in [5.74, 6) is 0.896. The third-order valence-corrected chi connectivity index (χ3v) is 6.62. The smallest absolute Gasteiger partial charge is 0.180 e. The topological polar surface area (TPSA) is 68.2 Å². The summed E-state index contributed by atoms with van der Waals surface area (Å²) in [6, 6.07) is 1.15. The standard InChI is InChI=1S/C18H32N4S/c1-2-10-22(11-9-13-3-5-14(19)6-4-13)15-7-8-16-17(12-15)23-18(20)21-16/h13-15H,2-12,19H2,1H3,(H2,20,21)/t13?,14?,15-/m0/s1. The molecule has 0 aliphatic heterocycles. The van der Waals surface area contributed by atoms with E-state index in [-0.39, 0.29) is 0 Å². The van der Waals surface area contributed by atoms with Gasteiger partial charge in [-0.1, -0.05) is 6.92 Å². The molecule has 1 heterocycles. The van der Waals surface area contributed by atoms with Gasteiger partial charge in [0.25, 0.3) is 0 Å². The van der Waals surface area contributed by atoms with Gasteiger partial charge in [0.05, 0.1) is 5.69 Å². The molecule has 1 saturated carbocycles. The molecule has 4 nitrogen and oxygen atoms in total. The van der Waals surface area contributed by atoms with Gasteiger partial charge in [-0.25, -0.2) is 4.98 Å². The van der Waals surface area contributed by atoms with Gasteiger partial charge < -0.3 is 16.4 Å². The monoisotopic (exact) mass is 336 g/mol. The third-order valence-electron chi connectivity index (χ3n) is 5.67. The number of nitrogen functional groups attached to an aromatic ring is 1. The summed E-state index contributed by atoms with van der Waals surface area (Å²) in [4.78, 5) is 8.66. The highest BCUT2D eigenvalue weighted by atomic mass is 32.1. The molecule has 1 atom stereocenters. The van der Waals surface area contributed by atoms with Crippen LogP contribution in [0, 0.1) is 5.92 Å². The Morgan fingerprint density at radius 3 is 2.70 bits per heavy atom. The van der Waals surface area contributed by atoms with E-state index in [1.165, 1.54) is 68.6 Å². The minimum Gasteiger partial charge on any atom is -0.375 e. The molecule has 0 bridgehead atoms. The van der Waals surface area contributed by atoms with Gasteiger partial charge >= 0.3 is 0 Å². The van der Waals surface area contributed by atoms with E-state index in [4.69, 9.17) is 11.5 Å². The fraction of sp³-hybridized carbons (Fsp3) is 0.833. The predicted octanol–water partition coefficient (Wildman–Crippen LogP) is 3.20. The Hall–Kier alpha value is -0.650. The second kappa shape index (κ2) is 7.95. The highest BCUT2D eigenvalue weighted by Gasteiger charge is 2.27. The van der Waals surface area contributed by atoms with Gasteiger partial charge in [-0.3, -0.25) is 0 Å². The number of aromatic nitrogens is 1. The quantitative estimate of drug-likeness (QED) is 0.837. The third kappa shape index (κ3) is 4.46. The zero-order chi connectivity index (χ0) is 16.2. The van der Waals surface area contributed by atoms with Gasteiger partial charge in [-0.2, -0.15) is 0 Å². The zero-order valence-corrected chi connectivity index (χ0v) is 15.3. The van der Waals surface area contributed by atoms with Crippen molar-refractivity contribution in [1.82, 2.24) is 9.88 Å². The lowest BCUT2D eigenvalue weighted by atomic mass is 9.84. The van der Waals surface area contributed by atoms with Gasteiger partial charge in [0.2, 0.25) is 0 Å². The van der Waals surface area contributed by atoms with Crippen LogP contribution in [0.2, 0.25) is 0 Å². The molecule has 2 aliphatic rings. The molecule has 0 radical (unpaired) electrons. The van der Waals surface area contributed by atoms with E-state index in [1.54, 1.807) is 11.3 Å². The molecule has 3 rings (SSSR count). The molecule has 2 aliphatic carbocycles. The maximum absolute atomic E-state index is 6.04. The Kier molecular flexibility index (Phi) is 5.94. The largest absolute Gasteiger partial charge is 0.375 e. The van der Waals surface area contributed by atoms with Crippen molar-refractivity contribution in [3.63, 3.8) is 0 Å². The van der Waals surface area contributed by atoms with Crippen LogP contribution in [-0.4, -0.2) is 35.1 Å². The fourth-order valence-electron chi connectivity index (χ4n) is 4.28. The van der Waals surface area contributed by atoms with Crippen molar-refractivity contribution in [3.8, 4) is 0 Å². The summed E-state index contributed by atoms with van der Waals surface area (Å²) >= 11 is 1.70. The summed E-state index contributed by atoms with van der Waals surface area (Å²) in [6.07, 6.45) is 11.2. The van der Waals surface area contributed by atoms with E-state index in [9.17, 15) is 0 Å². The molecule has 0 unspecified atom stereocenters. The van der Waals surface area contributed by atoms with E-state index in [1.807, 2.05) is 0 Å². The van der Waals surface area contributed by atoms with Crippen molar-refractivity contribution in [3.05, 3.63) is 10.6 Å². The summed E-state index contributed by atoms with van der Waals surface area (Å²) in [7, 11) is 0. The van der Waals surface area contributed by atoms with Gasteiger partial charge in [0.15, 0.2) is 5.13 Å². The van der Waals surface area contributed by atoms with Crippen LogP contribution in [0.15, 0.2) is 0 Å². The lowest BCUT2D eigenvalue weighted by Crippen LogP contribution is -2.41. The molecule has 0 saturated heterocycles. The second-order valence-corrected chi connectivity index (χ2v) is 8.54. The average Bonchev–Trinajstić information content (AvgIpc) is 2.92. The minimum atomic E-state index is 0.464. The summed E-state index contributed by atoms with van der Waals surface area (Å²) in [5.41, 5.74) is 13.2. The number of anilines is 1. The maximum atomic E-state index is 6.04. The first-order valence-electron chi connectivity index (χ1n) is 9.39. The van der Waals surface area contributed by atoms with E-state index in [0.717, 1.165) is 23.9 Å². The first-order chi connectivity index (χ1) is 11.2. The molecule has 1 aromatic heterocycles. The highest BCUT2D eigenvalue weighted by molar-refractivity contribution is 7.15. The number of nitrogens with zero attached hydrogens (tertiary/aromatic N) is 2. The Morgan fingerprint density at radius 2 is 1.96 bits per heavy atom. The van der Waals surface area contributed by atoms with Crippen LogP contribution in [-0.2, 0) is 12.8 Å². The molecule has 1 fully saturated rings. The lowest BCUT2D eigenvalue weighted by molar-refractivity contribution is 0.159. The molecular weight excluding hydrogens is 304 g/mol. The molecule has 23 heavy (non-hydrogen) atoms. The number of rotatable bonds is 6. The van der Waals surface area contributed by atoms with E-state index in [0.29, 0.717) is 12.1 Å². The molecule has 0 amide bonds. The first kappa shape index (κ1) is 17.2. The normalized spacial score (nSPS) is 28.0. The van der Waals surface area contributed by atoms with Gasteiger partial charge in [-0.05, 0) is 76.8 Å². The van der Waals surface area contributed by atoms with Gasteiger partial charge in [0.1, 0.15) is 0 Å². The second-order valence-electron chi connectivity index (χ2n) is 7.42. The zero-order valence-electron chi connectivity index (χ0n) is 14.5. The van der Waals surface area contributed by atoms with E-state index < -0.39 is 0 Å². The van der Waals surface area contributed by atoms with Crippen molar-refractivity contribution in [1.29, 1.82) is 0 Å². The number of nitrogens with two attached hydrogens (primary N) is 2. The van der Waals surface area contributed by atoms with Crippen molar-refractivity contribution in [2.24, 2.45) is 11.7 Å². The van der Waals surface area contributed by atoms with Crippen molar-refractivity contribution >= 4 is 16.5 Å². The van der Waals surface area contributed by atoms with Crippen LogP contribution >= 0.6 is 11.3 Å². The lowest BCUT2D eigenvalue weighted by Gasteiger charge is -2.35. The van der Waals surface area contributed by atoms with Crippen LogP contribution in [0.25, 0.3) is 0 Å². The van der Waals surface area contributed by atoms with Crippen molar-refractivity contribution < 1.29 is 0 Å². The number of hydrogen-bond donors (Lipinski definition) is 2. The van der Waals surface area contributed by atoms with Crippen LogP contribution < -0.4 is 11.5 Å². The molecule has 0 aromatic carbocycles. The fourth-order valence-corrected chi connectivity index (χ4v) is 5.23. The maximum Gasteiger partial charge on any atom is 0.180 e. The molecule has 130 valence electrons. The Bertz CT molecular complexity index is 493. The van der Waals surface area contributed by atoms with Crippen molar-refractivity contribution in [2.75, 3.05) is 18.8 Å². The predicted molar refractivity (Wildman–Crippen MR) is 98.8 cm³/mol. The number of thiazole rings is 1. The highest BCUT2D eigenvalue weighted by Crippen LogP contribution is 2.31. The van der Waals surface area contributed by atoms with Crippen molar-refractivity contribution in [2.45, 2.75) is 76.8 Å².